The number of hydrogen-bond acceptors (Lipinski definition) is 11. The lowest BCUT2D eigenvalue weighted by Crippen LogP contribution is -2.69. The largest absolute Gasteiger partial charge is 0.504 e. The van der Waals surface area contributed by atoms with E-state index in [1.807, 2.05) is 11.0 Å². The average Bonchev–Trinajstić information content (AvgIpc) is 3.92. The third-order valence-electron chi connectivity index (χ3n) is 14.3. The van der Waals surface area contributed by atoms with E-state index in [9.17, 15) is 10.4 Å². The Kier molecular flexibility index (Phi) is 5.98. The van der Waals surface area contributed by atoms with Crippen molar-refractivity contribution < 1.29 is 38.3 Å². The van der Waals surface area contributed by atoms with Gasteiger partial charge in [-0.3, -0.25) is 0 Å². The molecule has 4 bridgehead atoms. The number of nitriles is 1. The number of likely N-dealkylation sites (tertiary alicyclic amines) is 1. The Labute approximate surface area is 285 Å². The normalized spacial score (nSPS) is 39.6. The molecule has 0 radical (unpaired) electrons. The molecule has 2 aromatic carbocycles. The van der Waals surface area contributed by atoms with Gasteiger partial charge in [-0.15, -0.1) is 0 Å². The minimum atomic E-state index is -0.658. The van der Waals surface area contributed by atoms with E-state index in [2.05, 4.69) is 23.6 Å². The summed E-state index contributed by atoms with van der Waals surface area (Å²) in [6.45, 7) is 4.27. The second kappa shape index (κ2) is 9.95. The van der Waals surface area contributed by atoms with Crippen LogP contribution in [0.5, 0.6) is 23.0 Å². The number of fused-ring (bicyclic) bond motifs is 2. The van der Waals surface area contributed by atoms with Crippen LogP contribution in [0, 0.1) is 23.3 Å². The van der Waals surface area contributed by atoms with Crippen molar-refractivity contribution in [1.82, 2.24) is 10.2 Å². The van der Waals surface area contributed by atoms with Crippen molar-refractivity contribution in [3.63, 3.8) is 0 Å². The van der Waals surface area contributed by atoms with Crippen molar-refractivity contribution in [2.75, 3.05) is 46.6 Å². The minimum Gasteiger partial charge on any atom is -0.504 e. The molecule has 49 heavy (non-hydrogen) atoms. The van der Waals surface area contributed by atoms with E-state index in [-0.39, 0.29) is 34.8 Å². The average molecular weight is 670 g/mol. The molecular weight excluding hydrogens is 626 g/mol. The number of nitrogens with one attached hydrogen (secondary N) is 1. The van der Waals surface area contributed by atoms with Gasteiger partial charge in [0.1, 0.15) is 0 Å². The van der Waals surface area contributed by atoms with Crippen LogP contribution in [0.15, 0.2) is 24.3 Å². The Bertz CT molecular complexity index is 1780. The zero-order valence-electron chi connectivity index (χ0n) is 27.9. The molecule has 0 aromatic heterocycles. The summed E-state index contributed by atoms with van der Waals surface area (Å²) in [4.78, 5) is 1.99. The molecule has 4 spiro atoms. The first kappa shape index (κ1) is 29.5. The molecule has 4 saturated heterocycles. The van der Waals surface area contributed by atoms with E-state index >= 15 is 0 Å². The number of piperidine rings is 2. The van der Waals surface area contributed by atoms with Crippen molar-refractivity contribution in [3.8, 4) is 29.2 Å². The van der Waals surface area contributed by atoms with Crippen molar-refractivity contribution in [2.45, 2.75) is 98.1 Å². The standard InChI is InChI=1S/C20H22N2O4.C18H21NO4/c1-23-15-3-2-12-10-14-13-4-5-20(24-8-9-25-20)18-19(13,6-7-22(14)11-21)16(12)17(15)26-18;20-13-2-1-10-9-12-11-3-4-18(21-7-8-22-18)16-17(11,5-6-19-12)14(10)15(13)23-16/h2-3,13-14,18H,4-10H2,1H3;1-2,11-12,16,19-20H,3-9H2/t13?,14?,18?,19-;11?,12?,16?,17-/m00/s1. The fourth-order valence-electron chi connectivity index (χ4n) is 12.8. The maximum absolute atomic E-state index is 10.4. The van der Waals surface area contributed by atoms with E-state index in [0.717, 1.165) is 76.0 Å². The molecule has 11 heteroatoms. The van der Waals surface area contributed by atoms with Gasteiger partial charge in [0.05, 0.1) is 33.5 Å². The van der Waals surface area contributed by atoms with Crippen LogP contribution in [-0.4, -0.2) is 92.5 Å². The summed E-state index contributed by atoms with van der Waals surface area (Å²) in [5.74, 6) is 2.27. The summed E-state index contributed by atoms with van der Waals surface area (Å²) >= 11 is 0. The smallest absolute Gasteiger partial charge is 0.206 e. The molecule has 258 valence electrons. The molecule has 2 N–H and O–H groups in total. The molecule has 12 rings (SSSR count). The molecule has 10 aliphatic rings. The fourth-order valence-corrected chi connectivity index (χ4v) is 12.8. The van der Waals surface area contributed by atoms with Gasteiger partial charge in [-0.1, -0.05) is 12.1 Å². The summed E-state index contributed by atoms with van der Waals surface area (Å²) in [7, 11) is 1.70. The summed E-state index contributed by atoms with van der Waals surface area (Å²) in [5, 5.41) is 23.8. The minimum absolute atomic E-state index is 0.0693. The van der Waals surface area contributed by atoms with Gasteiger partial charge in [0.2, 0.25) is 11.6 Å². The summed E-state index contributed by atoms with van der Waals surface area (Å²) in [5.41, 5.74) is 4.96. The number of rotatable bonds is 1. The van der Waals surface area contributed by atoms with Crippen molar-refractivity contribution in [1.29, 1.82) is 5.26 Å². The number of methoxy groups -OCH3 is 1. The Morgan fingerprint density at radius 1 is 0.816 bits per heavy atom. The maximum atomic E-state index is 10.4. The molecule has 11 nitrogen and oxygen atoms in total. The SMILES string of the molecule is COc1ccc2c3c1OC1C4(CCC5C(C2)N(C#N)CC[C@@]351)OCCO4.Oc1ccc2c3c1OC1C4(CCC5C(C2)NCC[C@@]351)OCCO4. The first-order valence-electron chi connectivity index (χ1n) is 18.3. The van der Waals surface area contributed by atoms with Gasteiger partial charge < -0.3 is 48.5 Å². The maximum Gasteiger partial charge on any atom is 0.206 e. The fraction of sp³-hybridized carbons (Fsp3) is 0.658. The van der Waals surface area contributed by atoms with Crippen LogP contribution in [0.3, 0.4) is 0 Å². The van der Waals surface area contributed by atoms with Crippen LogP contribution < -0.4 is 19.5 Å². The van der Waals surface area contributed by atoms with E-state index in [1.54, 1.807) is 13.2 Å². The lowest BCUT2D eigenvalue weighted by molar-refractivity contribution is -0.260. The van der Waals surface area contributed by atoms with Gasteiger partial charge in [0, 0.05) is 53.4 Å². The van der Waals surface area contributed by atoms with Crippen LogP contribution in [0.4, 0.5) is 0 Å². The first-order valence-corrected chi connectivity index (χ1v) is 18.3. The topological polar surface area (TPSA) is 124 Å². The molecule has 6 fully saturated rings. The van der Waals surface area contributed by atoms with Crippen LogP contribution in [-0.2, 0) is 42.6 Å². The van der Waals surface area contributed by atoms with Gasteiger partial charge in [-0.2, -0.15) is 5.26 Å². The first-order chi connectivity index (χ1) is 24.0. The number of phenols is 1. The van der Waals surface area contributed by atoms with Gasteiger partial charge in [-0.05, 0) is 80.2 Å². The van der Waals surface area contributed by atoms with Crippen molar-refractivity contribution in [2.24, 2.45) is 11.8 Å². The van der Waals surface area contributed by atoms with Crippen molar-refractivity contribution in [3.05, 3.63) is 46.5 Å². The van der Waals surface area contributed by atoms with Crippen LogP contribution in [0.25, 0.3) is 0 Å². The predicted octanol–water partition coefficient (Wildman–Crippen LogP) is 3.42. The Morgan fingerprint density at radius 2 is 1.45 bits per heavy atom. The van der Waals surface area contributed by atoms with Crippen LogP contribution in [0.2, 0.25) is 0 Å². The van der Waals surface area contributed by atoms with Gasteiger partial charge in [0.15, 0.2) is 41.4 Å². The van der Waals surface area contributed by atoms with Gasteiger partial charge in [-0.25, -0.2) is 0 Å². The highest BCUT2D eigenvalue weighted by Gasteiger charge is 2.72. The zero-order valence-corrected chi connectivity index (χ0v) is 27.9. The highest BCUT2D eigenvalue weighted by Crippen LogP contribution is 2.67. The summed E-state index contributed by atoms with van der Waals surface area (Å²) in [6, 6.07) is 8.75. The third-order valence-corrected chi connectivity index (χ3v) is 14.3. The van der Waals surface area contributed by atoms with Gasteiger partial charge in [0.25, 0.3) is 0 Å². The molecular formula is C38H43N3O8. The molecule has 2 aromatic rings. The molecule has 0 amide bonds. The van der Waals surface area contributed by atoms with E-state index in [4.69, 9.17) is 33.2 Å². The third kappa shape index (κ3) is 3.46. The Balaban J connectivity index is 0.000000119. The van der Waals surface area contributed by atoms with E-state index < -0.39 is 11.6 Å². The number of ether oxygens (including phenoxy) is 7. The second-order valence-electron chi connectivity index (χ2n) is 15.8. The highest BCUT2D eigenvalue weighted by molar-refractivity contribution is 5.62. The molecule has 6 aliphatic heterocycles. The number of hydrogen-bond donors (Lipinski definition) is 2. The van der Waals surface area contributed by atoms with Gasteiger partial charge >= 0.3 is 0 Å². The predicted molar refractivity (Wildman–Crippen MR) is 173 cm³/mol. The highest BCUT2D eigenvalue weighted by atomic mass is 16.8. The van der Waals surface area contributed by atoms with E-state index in [1.165, 1.54) is 22.3 Å². The lowest BCUT2D eigenvalue weighted by Gasteiger charge is -2.59. The van der Waals surface area contributed by atoms with Crippen LogP contribution >= 0.6 is 0 Å². The Morgan fingerprint density at radius 3 is 2.16 bits per heavy atom. The monoisotopic (exact) mass is 669 g/mol. The number of nitrogens with zero attached hydrogens (tertiary/aromatic N) is 2. The van der Waals surface area contributed by atoms with Crippen molar-refractivity contribution >= 4 is 0 Å². The molecule has 2 saturated carbocycles. The quantitative estimate of drug-likeness (QED) is 0.435. The molecule has 8 atom stereocenters. The summed E-state index contributed by atoms with van der Waals surface area (Å²) < 4.78 is 43.3. The number of aromatic hydroxyl groups is 1. The summed E-state index contributed by atoms with van der Waals surface area (Å²) in [6.07, 6.45) is 9.79. The molecule has 4 aliphatic carbocycles. The van der Waals surface area contributed by atoms with Crippen LogP contribution in [0.1, 0.15) is 60.8 Å². The second-order valence-corrected chi connectivity index (χ2v) is 15.8. The number of benzene rings is 2. The molecule has 6 heterocycles. The lowest BCUT2D eigenvalue weighted by atomic mass is 9.50. The zero-order chi connectivity index (χ0) is 32.8. The Hall–Kier alpha value is -3.27. The molecule has 6 unspecified atom stereocenters. The van der Waals surface area contributed by atoms with E-state index in [0.29, 0.717) is 50.1 Å². The number of phenolic OH excluding ortho intramolecular Hbond substituents is 1.